The van der Waals surface area contributed by atoms with Crippen molar-refractivity contribution in [3.8, 4) is 11.5 Å². The normalized spacial score (nSPS) is 12.1. The molecule has 0 fully saturated rings. The second-order valence-corrected chi connectivity index (χ2v) is 5.03. The minimum Gasteiger partial charge on any atom is -0.497 e. The van der Waals surface area contributed by atoms with Gasteiger partial charge in [0.1, 0.15) is 23.4 Å². The molecular formula is C15H14BrFO3. The number of halogens is 2. The van der Waals surface area contributed by atoms with Gasteiger partial charge in [0, 0.05) is 21.7 Å². The van der Waals surface area contributed by atoms with Gasteiger partial charge in [-0.1, -0.05) is 15.9 Å². The van der Waals surface area contributed by atoms with Crippen molar-refractivity contribution in [2.45, 2.75) is 6.10 Å². The summed E-state index contributed by atoms with van der Waals surface area (Å²) < 4.78 is 24.7. The summed E-state index contributed by atoms with van der Waals surface area (Å²) in [6, 6.07) is 9.52. The van der Waals surface area contributed by atoms with Crippen molar-refractivity contribution in [1.29, 1.82) is 0 Å². The summed E-state index contributed by atoms with van der Waals surface area (Å²) in [5.41, 5.74) is 0.716. The summed E-state index contributed by atoms with van der Waals surface area (Å²) in [7, 11) is 3.00. The minimum absolute atomic E-state index is 0.180. The van der Waals surface area contributed by atoms with E-state index in [1.54, 1.807) is 24.3 Å². The first kappa shape index (κ1) is 14.8. The van der Waals surface area contributed by atoms with Crippen LogP contribution >= 0.6 is 15.9 Å². The van der Waals surface area contributed by atoms with Gasteiger partial charge in [-0.3, -0.25) is 0 Å². The maximum absolute atomic E-state index is 14.0. The fraction of sp³-hybridized carbons (Fsp3) is 0.200. The summed E-state index contributed by atoms with van der Waals surface area (Å²) >= 11 is 3.35. The number of benzene rings is 2. The van der Waals surface area contributed by atoms with Gasteiger partial charge in [0.2, 0.25) is 0 Å². The van der Waals surface area contributed by atoms with E-state index in [1.165, 1.54) is 26.4 Å². The Kier molecular flexibility index (Phi) is 4.62. The average Bonchev–Trinajstić information content (AvgIpc) is 2.47. The van der Waals surface area contributed by atoms with E-state index in [2.05, 4.69) is 15.9 Å². The van der Waals surface area contributed by atoms with Crippen molar-refractivity contribution in [3.05, 3.63) is 57.8 Å². The Labute approximate surface area is 125 Å². The van der Waals surface area contributed by atoms with Gasteiger partial charge in [0.25, 0.3) is 0 Å². The van der Waals surface area contributed by atoms with Crippen LogP contribution < -0.4 is 9.47 Å². The smallest absolute Gasteiger partial charge is 0.133 e. The van der Waals surface area contributed by atoms with Crippen molar-refractivity contribution in [3.63, 3.8) is 0 Å². The molecule has 0 radical (unpaired) electrons. The lowest BCUT2D eigenvalue weighted by atomic mass is 10.0. The maximum atomic E-state index is 14.0. The van der Waals surface area contributed by atoms with Crippen LogP contribution in [0.5, 0.6) is 11.5 Å². The lowest BCUT2D eigenvalue weighted by Gasteiger charge is -2.15. The molecule has 106 valence electrons. The number of rotatable bonds is 4. The molecule has 0 aliphatic heterocycles. The van der Waals surface area contributed by atoms with Gasteiger partial charge in [0.05, 0.1) is 14.2 Å². The van der Waals surface area contributed by atoms with Gasteiger partial charge < -0.3 is 14.6 Å². The zero-order valence-electron chi connectivity index (χ0n) is 11.1. The molecule has 3 nitrogen and oxygen atoms in total. The molecule has 0 aliphatic carbocycles. The van der Waals surface area contributed by atoms with Crippen molar-refractivity contribution in [1.82, 2.24) is 0 Å². The third kappa shape index (κ3) is 2.94. The molecule has 2 rings (SSSR count). The Morgan fingerprint density at radius 2 is 1.60 bits per heavy atom. The number of methoxy groups -OCH3 is 2. The molecule has 0 amide bonds. The van der Waals surface area contributed by atoms with Crippen molar-refractivity contribution in [2.75, 3.05) is 14.2 Å². The predicted molar refractivity (Wildman–Crippen MR) is 77.7 cm³/mol. The molecule has 1 unspecified atom stereocenters. The number of ether oxygens (including phenoxy) is 2. The zero-order valence-corrected chi connectivity index (χ0v) is 12.6. The van der Waals surface area contributed by atoms with Crippen LogP contribution in [0.25, 0.3) is 0 Å². The molecule has 5 heteroatoms. The topological polar surface area (TPSA) is 38.7 Å². The van der Waals surface area contributed by atoms with E-state index in [0.717, 1.165) is 0 Å². The molecular weight excluding hydrogens is 327 g/mol. The highest BCUT2D eigenvalue weighted by molar-refractivity contribution is 9.10. The number of aliphatic hydroxyl groups excluding tert-OH is 1. The Bertz CT molecular complexity index is 616. The van der Waals surface area contributed by atoms with Crippen LogP contribution in [0.4, 0.5) is 4.39 Å². The first-order valence-corrected chi connectivity index (χ1v) is 6.71. The molecule has 1 atom stereocenters. The predicted octanol–water partition coefficient (Wildman–Crippen LogP) is 3.69. The lowest BCUT2D eigenvalue weighted by Crippen LogP contribution is -2.04. The molecule has 2 aromatic carbocycles. The monoisotopic (exact) mass is 340 g/mol. The molecule has 0 saturated heterocycles. The van der Waals surface area contributed by atoms with Gasteiger partial charge in [0.15, 0.2) is 0 Å². The van der Waals surface area contributed by atoms with Crippen LogP contribution in [0, 0.1) is 5.82 Å². The second-order valence-electron chi connectivity index (χ2n) is 4.18. The molecule has 0 heterocycles. The van der Waals surface area contributed by atoms with E-state index in [1.807, 2.05) is 0 Å². The third-order valence-electron chi connectivity index (χ3n) is 3.00. The van der Waals surface area contributed by atoms with Crippen molar-refractivity contribution >= 4 is 15.9 Å². The fourth-order valence-electron chi connectivity index (χ4n) is 1.88. The van der Waals surface area contributed by atoms with E-state index < -0.39 is 11.9 Å². The average molecular weight is 341 g/mol. The molecule has 1 N–H and O–H groups in total. The molecule has 20 heavy (non-hydrogen) atoms. The molecule has 0 saturated carbocycles. The lowest BCUT2D eigenvalue weighted by molar-refractivity contribution is 0.213. The van der Waals surface area contributed by atoms with Crippen LogP contribution in [-0.4, -0.2) is 19.3 Å². The van der Waals surface area contributed by atoms with Crippen LogP contribution in [0.2, 0.25) is 0 Å². The first-order chi connectivity index (χ1) is 9.56. The summed E-state index contributed by atoms with van der Waals surface area (Å²) in [5.74, 6) is 0.478. The quantitative estimate of drug-likeness (QED) is 0.922. The highest BCUT2D eigenvalue weighted by Gasteiger charge is 2.18. The number of aliphatic hydroxyl groups is 1. The van der Waals surface area contributed by atoms with Crippen LogP contribution in [0.1, 0.15) is 17.2 Å². The molecule has 0 spiro atoms. The molecule has 0 aromatic heterocycles. The maximum Gasteiger partial charge on any atom is 0.133 e. The molecule has 0 aliphatic rings. The number of hydrogen-bond donors (Lipinski definition) is 1. The second kappa shape index (κ2) is 6.24. The van der Waals surface area contributed by atoms with Crippen LogP contribution in [0.3, 0.4) is 0 Å². The highest BCUT2D eigenvalue weighted by atomic mass is 79.9. The summed E-state index contributed by atoms with van der Waals surface area (Å²) in [6.45, 7) is 0. The zero-order chi connectivity index (χ0) is 14.7. The molecule has 2 aromatic rings. The van der Waals surface area contributed by atoms with E-state index in [-0.39, 0.29) is 5.56 Å². The minimum atomic E-state index is -1.09. The van der Waals surface area contributed by atoms with Gasteiger partial charge in [-0.25, -0.2) is 4.39 Å². The SMILES string of the molecule is COc1ccc(C(O)c2cc(OC)ccc2Br)c(F)c1. The van der Waals surface area contributed by atoms with Crippen LogP contribution in [0.15, 0.2) is 40.9 Å². The van der Waals surface area contributed by atoms with Gasteiger partial charge in [-0.2, -0.15) is 0 Å². The van der Waals surface area contributed by atoms with Crippen molar-refractivity contribution in [2.24, 2.45) is 0 Å². The summed E-state index contributed by atoms with van der Waals surface area (Å²) in [4.78, 5) is 0. The number of hydrogen-bond acceptors (Lipinski definition) is 3. The Morgan fingerprint density at radius 3 is 2.20 bits per heavy atom. The third-order valence-corrected chi connectivity index (χ3v) is 3.72. The van der Waals surface area contributed by atoms with Crippen LogP contribution in [-0.2, 0) is 0 Å². The van der Waals surface area contributed by atoms with E-state index >= 15 is 0 Å². The first-order valence-electron chi connectivity index (χ1n) is 5.91. The Balaban J connectivity index is 2.43. The van der Waals surface area contributed by atoms with Gasteiger partial charge >= 0.3 is 0 Å². The Morgan fingerprint density at radius 1 is 1.00 bits per heavy atom. The summed E-state index contributed by atoms with van der Waals surface area (Å²) in [5, 5.41) is 10.4. The highest BCUT2D eigenvalue weighted by Crippen LogP contribution is 2.33. The van der Waals surface area contributed by atoms with Crippen molar-refractivity contribution < 1.29 is 19.0 Å². The largest absolute Gasteiger partial charge is 0.497 e. The van der Waals surface area contributed by atoms with E-state index in [0.29, 0.717) is 21.5 Å². The van der Waals surface area contributed by atoms with Gasteiger partial charge in [-0.15, -0.1) is 0 Å². The van der Waals surface area contributed by atoms with E-state index in [4.69, 9.17) is 9.47 Å². The van der Waals surface area contributed by atoms with Gasteiger partial charge in [-0.05, 0) is 30.3 Å². The standard InChI is InChI=1S/C15H14BrFO3/c1-19-9-4-6-13(16)12(7-9)15(18)11-5-3-10(20-2)8-14(11)17/h3-8,15,18H,1-2H3. The fourth-order valence-corrected chi connectivity index (χ4v) is 2.35. The molecule has 0 bridgehead atoms. The van der Waals surface area contributed by atoms with E-state index in [9.17, 15) is 9.50 Å². The summed E-state index contributed by atoms with van der Waals surface area (Å²) in [6.07, 6.45) is -1.09. The Hall–Kier alpha value is -1.59.